The lowest BCUT2D eigenvalue weighted by Crippen LogP contribution is -2.55. The summed E-state index contributed by atoms with van der Waals surface area (Å²) in [5.41, 5.74) is 4.85. The summed E-state index contributed by atoms with van der Waals surface area (Å²) in [6.45, 7) is 2.61. The molecular formula is C20H21N3OS. The summed E-state index contributed by atoms with van der Waals surface area (Å²) in [6, 6.07) is 10.5. The maximum Gasteiger partial charge on any atom is 0.254 e. The number of benzene rings is 1. The molecule has 1 amide bonds. The van der Waals surface area contributed by atoms with Crippen LogP contribution in [0.3, 0.4) is 0 Å². The van der Waals surface area contributed by atoms with Crippen LogP contribution in [0.15, 0.2) is 41.1 Å². The molecule has 4 heterocycles. The number of carbonyl (C=O) groups is 1. The van der Waals surface area contributed by atoms with Gasteiger partial charge in [0.05, 0.1) is 11.1 Å². The Labute approximate surface area is 150 Å². The van der Waals surface area contributed by atoms with E-state index >= 15 is 0 Å². The van der Waals surface area contributed by atoms with Gasteiger partial charge < -0.3 is 15.2 Å². The van der Waals surface area contributed by atoms with Crippen LogP contribution in [-0.4, -0.2) is 35.4 Å². The lowest BCUT2D eigenvalue weighted by Gasteiger charge is -2.44. The fraction of sp³-hybridized carbons (Fsp3) is 0.350. The van der Waals surface area contributed by atoms with Crippen LogP contribution in [0.4, 0.5) is 0 Å². The number of amides is 1. The third-order valence-electron chi connectivity index (χ3n) is 5.80. The third kappa shape index (κ3) is 2.34. The minimum atomic E-state index is -0.0158. The van der Waals surface area contributed by atoms with Crippen LogP contribution in [-0.2, 0) is 12.0 Å². The first-order valence-electron chi connectivity index (χ1n) is 8.93. The van der Waals surface area contributed by atoms with Crippen LogP contribution < -0.4 is 5.32 Å². The Morgan fingerprint density at radius 3 is 2.80 bits per heavy atom. The molecule has 2 N–H and O–H groups in total. The molecule has 0 unspecified atom stereocenters. The molecule has 0 radical (unpaired) electrons. The molecule has 2 aliphatic rings. The predicted molar refractivity (Wildman–Crippen MR) is 101 cm³/mol. The minimum absolute atomic E-state index is 0.0158. The van der Waals surface area contributed by atoms with Crippen molar-refractivity contribution in [2.24, 2.45) is 0 Å². The van der Waals surface area contributed by atoms with Crippen molar-refractivity contribution in [3.8, 4) is 0 Å². The number of H-pyrrole nitrogens is 1. The maximum atomic E-state index is 12.6. The topological polar surface area (TPSA) is 48.1 Å². The molecule has 5 rings (SSSR count). The van der Waals surface area contributed by atoms with Crippen molar-refractivity contribution < 1.29 is 4.79 Å². The third-order valence-corrected chi connectivity index (χ3v) is 6.49. The maximum absolute atomic E-state index is 12.6. The second kappa shape index (κ2) is 5.71. The monoisotopic (exact) mass is 351 g/mol. The number of rotatable bonds is 1. The van der Waals surface area contributed by atoms with Crippen LogP contribution in [0.5, 0.6) is 0 Å². The van der Waals surface area contributed by atoms with Crippen molar-refractivity contribution in [1.82, 2.24) is 15.2 Å². The molecule has 128 valence electrons. The second-order valence-corrected chi connectivity index (χ2v) is 7.87. The Kier molecular flexibility index (Phi) is 3.47. The Hall–Kier alpha value is -2.11. The van der Waals surface area contributed by atoms with Crippen LogP contribution in [0.1, 0.15) is 34.5 Å². The van der Waals surface area contributed by atoms with Crippen molar-refractivity contribution in [1.29, 1.82) is 0 Å². The molecule has 4 nitrogen and oxygen atoms in total. The number of fused-ring (bicyclic) bond motifs is 4. The van der Waals surface area contributed by atoms with Gasteiger partial charge in [0.15, 0.2) is 0 Å². The Morgan fingerprint density at radius 1 is 1.16 bits per heavy atom. The van der Waals surface area contributed by atoms with E-state index in [0.717, 1.165) is 44.5 Å². The van der Waals surface area contributed by atoms with E-state index in [0.29, 0.717) is 0 Å². The van der Waals surface area contributed by atoms with E-state index in [2.05, 4.69) is 34.6 Å². The fourth-order valence-corrected chi connectivity index (χ4v) is 5.10. The molecule has 0 atom stereocenters. The normalized spacial score (nSPS) is 19.3. The van der Waals surface area contributed by atoms with Crippen LogP contribution in [0, 0.1) is 0 Å². The number of hydrogen-bond donors (Lipinski definition) is 2. The van der Waals surface area contributed by atoms with Crippen molar-refractivity contribution in [2.75, 3.05) is 19.6 Å². The summed E-state index contributed by atoms with van der Waals surface area (Å²) in [7, 11) is 0. The predicted octanol–water partition coefficient (Wildman–Crippen LogP) is 3.51. The first-order chi connectivity index (χ1) is 12.3. The van der Waals surface area contributed by atoms with E-state index in [4.69, 9.17) is 0 Å². The quantitative estimate of drug-likeness (QED) is 0.705. The smallest absolute Gasteiger partial charge is 0.254 e. The highest BCUT2D eigenvalue weighted by molar-refractivity contribution is 7.08. The zero-order valence-electron chi connectivity index (χ0n) is 14.0. The molecule has 2 aliphatic heterocycles. The summed E-state index contributed by atoms with van der Waals surface area (Å²) >= 11 is 1.58. The standard InChI is InChI=1S/C20H21N3OS/c24-19(14-6-12-25-13-14)23-10-7-20(8-11-23)18-16(5-9-21-20)15-3-1-2-4-17(15)22-18/h1-4,6,12-13,21-22H,5,7-11H2. The number of carbonyl (C=O) groups excluding carboxylic acids is 1. The van der Waals surface area contributed by atoms with Gasteiger partial charge in [0.1, 0.15) is 0 Å². The number of piperidine rings is 1. The molecule has 1 fully saturated rings. The highest BCUT2D eigenvalue weighted by Crippen LogP contribution is 2.40. The van der Waals surface area contributed by atoms with E-state index in [1.807, 2.05) is 21.7 Å². The second-order valence-electron chi connectivity index (χ2n) is 7.09. The van der Waals surface area contributed by atoms with E-state index in [-0.39, 0.29) is 11.4 Å². The molecule has 1 spiro atoms. The first kappa shape index (κ1) is 15.2. The van der Waals surface area contributed by atoms with Gasteiger partial charge in [-0.3, -0.25) is 4.79 Å². The average molecular weight is 351 g/mol. The van der Waals surface area contributed by atoms with Gasteiger partial charge >= 0.3 is 0 Å². The molecule has 25 heavy (non-hydrogen) atoms. The Bertz CT molecular complexity index is 920. The van der Waals surface area contributed by atoms with Gasteiger partial charge in [-0.05, 0) is 42.3 Å². The van der Waals surface area contributed by atoms with Crippen LogP contribution >= 0.6 is 11.3 Å². The number of hydrogen-bond acceptors (Lipinski definition) is 3. The minimum Gasteiger partial charge on any atom is -0.357 e. The van der Waals surface area contributed by atoms with Crippen molar-refractivity contribution in [3.63, 3.8) is 0 Å². The number of aromatic amines is 1. The van der Waals surface area contributed by atoms with Crippen LogP contribution in [0.25, 0.3) is 10.9 Å². The van der Waals surface area contributed by atoms with Crippen molar-refractivity contribution in [2.45, 2.75) is 24.8 Å². The molecule has 0 aliphatic carbocycles. The zero-order valence-corrected chi connectivity index (χ0v) is 14.9. The number of para-hydroxylation sites is 1. The highest BCUT2D eigenvalue weighted by Gasteiger charge is 2.42. The van der Waals surface area contributed by atoms with Gasteiger partial charge in [-0.2, -0.15) is 11.3 Å². The number of nitrogens with one attached hydrogen (secondary N) is 2. The summed E-state index contributed by atoms with van der Waals surface area (Å²) in [5.74, 6) is 0.170. The Morgan fingerprint density at radius 2 is 2.00 bits per heavy atom. The van der Waals surface area contributed by atoms with Gasteiger partial charge in [-0.15, -0.1) is 0 Å². The summed E-state index contributed by atoms with van der Waals surface area (Å²) < 4.78 is 0. The molecule has 1 saturated heterocycles. The average Bonchev–Trinajstić information content (AvgIpc) is 3.31. The highest BCUT2D eigenvalue weighted by atomic mass is 32.1. The van der Waals surface area contributed by atoms with Gasteiger partial charge in [0.25, 0.3) is 5.91 Å². The molecular weight excluding hydrogens is 330 g/mol. The number of nitrogens with zero attached hydrogens (tertiary/aromatic N) is 1. The summed E-state index contributed by atoms with van der Waals surface area (Å²) in [5, 5.41) is 9.05. The largest absolute Gasteiger partial charge is 0.357 e. The van der Waals surface area contributed by atoms with Gasteiger partial charge in [0, 0.05) is 41.6 Å². The van der Waals surface area contributed by atoms with E-state index in [1.54, 1.807) is 11.3 Å². The molecule has 5 heteroatoms. The summed E-state index contributed by atoms with van der Waals surface area (Å²) in [6.07, 6.45) is 2.99. The van der Waals surface area contributed by atoms with E-state index in [9.17, 15) is 4.79 Å². The lowest BCUT2D eigenvalue weighted by atomic mass is 9.79. The number of aromatic nitrogens is 1. The zero-order chi connectivity index (χ0) is 16.9. The van der Waals surface area contributed by atoms with Crippen molar-refractivity contribution in [3.05, 3.63) is 57.9 Å². The molecule has 0 saturated carbocycles. The number of likely N-dealkylation sites (tertiary alicyclic amines) is 1. The molecule has 2 aromatic heterocycles. The molecule has 1 aromatic carbocycles. The summed E-state index contributed by atoms with van der Waals surface area (Å²) in [4.78, 5) is 18.3. The SMILES string of the molecule is O=C(c1ccsc1)N1CCC2(CC1)NCCc1c2[nH]c2ccccc12. The Balaban J connectivity index is 1.44. The van der Waals surface area contributed by atoms with Gasteiger partial charge in [0.2, 0.25) is 0 Å². The molecule has 3 aromatic rings. The fourth-order valence-electron chi connectivity index (χ4n) is 4.47. The number of thiophene rings is 1. The van der Waals surface area contributed by atoms with Gasteiger partial charge in [-0.1, -0.05) is 18.2 Å². The van der Waals surface area contributed by atoms with Gasteiger partial charge in [-0.25, -0.2) is 0 Å². The lowest BCUT2D eigenvalue weighted by molar-refractivity contribution is 0.0627. The van der Waals surface area contributed by atoms with Crippen molar-refractivity contribution >= 4 is 28.1 Å². The molecule has 0 bridgehead atoms. The van der Waals surface area contributed by atoms with E-state index < -0.39 is 0 Å². The first-order valence-corrected chi connectivity index (χ1v) is 9.88. The van der Waals surface area contributed by atoms with E-state index in [1.165, 1.54) is 22.2 Å². The van der Waals surface area contributed by atoms with Crippen LogP contribution in [0.2, 0.25) is 0 Å².